The van der Waals surface area contributed by atoms with Crippen molar-refractivity contribution in [1.29, 1.82) is 0 Å². The summed E-state index contributed by atoms with van der Waals surface area (Å²) in [5, 5.41) is 2.99. The lowest BCUT2D eigenvalue weighted by Gasteiger charge is -2.48. The van der Waals surface area contributed by atoms with Crippen molar-refractivity contribution in [1.82, 2.24) is 10.2 Å². The normalized spacial score (nSPS) is 26.3. The fourth-order valence-electron chi connectivity index (χ4n) is 3.70. The second-order valence-corrected chi connectivity index (χ2v) is 6.34. The van der Waals surface area contributed by atoms with Gasteiger partial charge in [-0.15, -0.1) is 0 Å². The third kappa shape index (κ3) is 3.13. The number of hydrogen-bond acceptors (Lipinski definition) is 4. The maximum absolute atomic E-state index is 13.1. The van der Waals surface area contributed by atoms with Crippen LogP contribution in [0.3, 0.4) is 0 Å². The van der Waals surface area contributed by atoms with Gasteiger partial charge in [0.1, 0.15) is 6.04 Å². The number of benzene rings is 1. The van der Waals surface area contributed by atoms with Crippen molar-refractivity contribution in [3.63, 3.8) is 0 Å². The molecule has 1 saturated heterocycles. The van der Waals surface area contributed by atoms with Crippen molar-refractivity contribution >= 4 is 17.8 Å². The molecule has 0 bridgehead atoms. The highest BCUT2D eigenvalue weighted by Gasteiger charge is 2.46. The number of fused-ring (bicyclic) bond motifs is 1. The Kier molecular flexibility index (Phi) is 4.83. The van der Waals surface area contributed by atoms with E-state index in [1.165, 1.54) is 7.11 Å². The first-order valence-electron chi connectivity index (χ1n) is 8.36. The maximum Gasteiger partial charge on any atom is 0.308 e. The summed E-state index contributed by atoms with van der Waals surface area (Å²) >= 11 is 0. The van der Waals surface area contributed by atoms with E-state index in [0.717, 1.165) is 25.7 Å². The number of carbonyl (C=O) groups is 3. The zero-order chi connectivity index (χ0) is 17.1. The van der Waals surface area contributed by atoms with E-state index in [0.29, 0.717) is 5.56 Å². The van der Waals surface area contributed by atoms with Gasteiger partial charge in [0.15, 0.2) is 0 Å². The van der Waals surface area contributed by atoms with Crippen LogP contribution in [0.1, 0.15) is 42.5 Å². The van der Waals surface area contributed by atoms with E-state index in [-0.39, 0.29) is 30.3 Å². The molecule has 2 amide bonds. The van der Waals surface area contributed by atoms with E-state index in [1.54, 1.807) is 29.2 Å². The van der Waals surface area contributed by atoms with Crippen molar-refractivity contribution in [2.24, 2.45) is 0 Å². The van der Waals surface area contributed by atoms with Gasteiger partial charge in [-0.25, -0.2) is 0 Å². The highest BCUT2D eigenvalue weighted by molar-refractivity contribution is 5.99. The molecule has 1 aliphatic carbocycles. The minimum Gasteiger partial charge on any atom is -0.469 e. The number of nitrogens with zero attached hydrogens (tertiary/aromatic N) is 1. The molecule has 1 heterocycles. The Balaban J connectivity index is 1.94. The average Bonchev–Trinajstić information content (AvgIpc) is 2.62. The molecule has 0 aromatic heterocycles. The molecule has 1 aromatic rings. The van der Waals surface area contributed by atoms with Gasteiger partial charge < -0.3 is 15.0 Å². The molecule has 6 heteroatoms. The number of amides is 2. The van der Waals surface area contributed by atoms with E-state index in [9.17, 15) is 14.4 Å². The first kappa shape index (κ1) is 16.5. The van der Waals surface area contributed by atoms with Gasteiger partial charge in [0, 0.05) is 11.6 Å². The molecule has 2 fully saturated rings. The first-order valence-corrected chi connectivity index (χ1v) is 8.36. The van der Waals surface area contributed by atoms with Gasteiger partial charge in [0.2, 0.25) is 5.91 Å². The van der Waals surface area contributed by atoms with Gasteiger partial charge in [-0.2, -0.15) is 0 Å². The quantitative estimate of drug-likeness (QED) is 0.852. The molecule has 24 heavy (non-hydrogen) atoms. The largest absolute Gasteiger partial charge is 0.469 e. The van der Waals surface area contributed by atoms with E-state index in [2.05, 4.69) is 5.32 Å². The first-order chi connectivity index (χ1) is 11.6. The van der Waals surface area contributed by atoms with Crippen molar-refractivity contribution < 1.29 is 19.1 Å². The van der Waals surface area contributed by atoms with Crippen LogP contribution in [0.4, 0.5) is 0 Å². The predicted molar refractivity (Wildman–Crippen MR) is 87.2 cm³/mol. The Bertz CT molecular complexity index is 631. The summed E-state index contributed by atoms with van der Waals surface area (Å²) in [6.45, 7) is 0. The monoisotopic (exact) mass is 330 g/mol. The lowest BCUT2D eigenvalue weighted by molar-refractivity contribution is -0.147. The number of rotatable bonds is 3. The second-order valence-electron chi connectivity index (χ2n) is 6.34. The Morgan fingerprint density at radius 1 is 1.21 bits per heavy atom. The number of methoxy groups -OCH3 is 1. The van der Waals surface area contributed by atoms with Gasteiger partial charge in [0.05, 0.1) is 19.6 Å². The van der Waals surface area contributed by atoms with Gasteiger partial charge in [0.25, 0.3) is 5.91 Å². The lowest BCUT2D eigenvalue weighted by Crippen LogP contribution is -2.67. The Morgan fingerprint density at radius 2 is 1.92 bits per heavy atom. The molecule has 3 rings (SSSR count). The standard InChI is InChI=1S/C18H22N2O4/c1-24-16(21)11-15-17(22)19-13-9-5-6-10-14(13)20(15)18(23)12-7-3-2-4-8-12/h2-4,7-8,13-15H,5-6,9-11H2,1H3,(H,19,22)/t13-,14+,15-/m1/s1. The van der Waals surface area contributed by atoms with Crippen LogP contribution in [0.15, 0.2) is 30.3 Å². The van der Waals surface area contributed by atoms with E-state index in [1.807, 2.05) is 6.07 Å². The van der Waals surface area contributed by atoms with Crippen molar-refractivity contribution in [2.45, 2.75) is 50.2 Å². The summed E-state index contributed by atoms with van der Waals surface area (Å²) in [5.41, 5.74) is 0.534. The minimum absolute atomic E-state index is 0.0344. The topological polar surface area (TPSA) is 75.7 Å². The average molecular weight is 330 g/mol. The molecule has 0 radical (unpaired) electrons. The highest BCUT2D eigenvalue weighted by Crippen LogP contribution is 2.30. The van der Waals surface area contributed by atoms with E-state index in [4.69, 9.17) is 4.74 Å². The van der Waals surface area contributed by atoms with E-state index >= 15 is 0 Å². The molecule has 3 atom stereocenters. The number of esters is 1. The smallest absolute Gasteiger partial charge is 0.308 e. The molecular weight excluding hydrogens is 308 g/mol. The maximum atomic E-state index is 13.1. The number of carbonyl (C=O) groups excluding carboxylic acids is 3. The lowest BCUT2D eigenvalue weighted by atomic mass is 9.84. The van der Waals surface area contributed by atoms with Crippen LogP contribution in [0, 0.1) is 0 Å². The Labute approximate surface area is 141 Å². The van der Waals surface area contributed by atoms with Crippen LogP contribution >= 0.6 is 0 Å². The molecule has 1 saturated carbocycles. The van der Waals surface area contributed by atoms with Crippen LogP contribution in [-0.4, -0.2) is 47.9 Å². The van der Waals surface area contributed by atoms with Crippen molar-refractivity contribution in [2.75, 3.05) is 7.11 Å². The molecule has 1 aromatic carbocycles. The third-order valence-electron chi connectivity index (χ3n) is 4.90. The van der Waals surface area contributed by atoms with Crippen molar-refractivity contribution in [3.8, 4) is 0 Å². The third-order valence-corrected chi connectivity index (χ3v) is 4.90. The van der Waals surface area contributed by atoms with E-state index < -0.39 is 12.0 Å². The molecule has 0 unspecified atom stereocenters. The summed E-state index contributed by atoms with van der Waals surface area (Å²) in [5.74, 6) is -0.959. The zero-order valence-corrected chi connectivity index (χ0v) is 13.7. The molecular formula is C18H22N2O4. The molecule has 0 spiro atoms. The van der Waals surface area contributed by atoms with Gasteiger partial charge in [-0.05, 0) is 25.0 Å². The number of hydrogen-bond donors (Lipinski definition) is 1. The summed E-state index contributed by atoms with van der Waals surface area (Å²) in [7, 11) is 1.29. The summed E-state index contributed by atoms with van der Waals surface area (Å²) in [6, 6.07) is 7.99. The van der Waals surface area contributed by atoms with Gasteiger partial charge in [-0.1, -0.05) is 31.0 Å². The summed E-state index contributed by atoms with van der Waals surface area (Å²) in [4.78, 5) is 39.0. The summed E-state index contributed by atoms with van der Waals surface area (Å²) < 4.78 is 4.71. The molecule has 128 valence electrons. The number of ether oxygens (including phenoxy) is 1. The second kappa shape index (κ2) is 7.03. The number of nitrogens with one attached hydrogen (secondary N) is 1. The van der Waals surface area contributed by atoms with Crippen LogP contribution in [0.5, 0.6) is 0 Å². The highest BCUT2D eigenvalue weighted by atomic mass is 16.5. The minimum atomic E-state index is -0.815. The zero-order valence-electron chi connectivity index (χ0n) is 13.7. The van der Waals surface area contributed by atoms with Crippen molar-refractivity contribution in [3.05, 3.63) is 35.9 Å². The van der Waals surface area contributed by atoms with Crippen LogP contribution in [0.25, 0.3) is 0 Å². The SMILES string of the molecule is COC(=O)C[C@@H]1C(=O)N[C@@H]2CCCC[C@@H]2N1C(=O)c1ccccc1. The van der Waals surface area contributed by atoms with Gasteiger partial charge in [-0.3, -0.25) is 14.4 Å². The fourth-order valence-corrected chi connectivity index (χ4v) is 3.70. The summed E-state index contributed by atoms with van der Waals surface area (Å²) in [6.07, 6.45) is 3.63. The predicted octanol–water partition coefficient (Wildman–Crippen LogP) is 1.50. The fraction of sp³-hybridized carbons (Fsp3) is 0.500. The van der Waals surface area contributed by atoms with Crippen LogP contribution in [0.2, 0.25) is 0 Å². The molecule has 1 N–H and O–H groups in total. The van der Waals surface area contributed by atoms with Gasteiger partial charge >= 0.3 is 5.97 Å². The molecule has 2 aliphatic rings. The molecule has 1 aliphatic heterocycles. The Hall–Kier alpha value is -2.37. The Morgan fingerprint density at radius 3 is 2.62 bits per heavy atom. The molecule has 6 nitrogen and oxygen atoms in total. The number of piperazine rings is 1. The van der Waals surface area contributed by atoms with Crippen LogP contribution < -0.4 is 5.32 Å². The van der Waals surface area contributed by atoms with Crippen LogP contribution in [-0.2, 0) is 14.3 Å².